The van der Waals surface area contributed by atoms with Gasteiger partial charge in [-0.1, -0.05) is 6.07 Å². The van der Waals surface area contributed by atoms with E-state index in [2.05, 4.69) is 0 Å². The third kappa shape index (κ3) is 1.48. The van der Waals surface area contributed by atoms with Gasteiger partial charge in [0.1, 0.15) is 5.52 Å². The van der Waals surface area contributed by atoms with Crippen molar-refractivity contribution in [3.8, 4) is 0 Å². The molecule has 0 atom stereocenters. The number of pyridine rings is 1. The SMILES string of the molecule is CC(C)n1ccn2c(=O)cccc2c1=O. The van der Waals surface area contributed by atoms with Gasteiger partial charge in [-0.25, -0.2) is 0 Å². The van der Waals surface area contributed by atoms with Gasteiger partial charge in [0, 0.05) is 24.5 Å². The molecule has 0 aromatic carbocycles. The van der Waals surface area contributed by atoms with Crippen molar-refractivity contribution in [3.63, 3.8) is 0 Å². The summed E-state index contributed by atoms with van der Waals surface area (Å²) < 4.78 is 2.97. The van der Waals surface area contributed by atoms with Gasteiger partial charge in [-0.2, -0.15) is 0 Å². The van der Waals surface area contributed by atoms with Crippen LogP contribution in [0.5, 0.6) is 0 Å². The molecule has 0 saturated carbocycles. The molecule has 0 radical (unpaired) electrons. The van der Waals surface area contributed by atoms with Crippen molar-refractivity contribution < 1.29 is 0 Å². The molecule has 2 rings (SSSR count). The summed E-state index contributed by atoms with van der Waals surface area (Å²) in [5.74, 6) is 0. The fraction of sp³-hybridized carbons (Fsp3) is 0.273. The van der Waals surface area contributed by atoms with Crippen LogP contribution in [0.2, 0.25) is 0 Å². The fourth-order valence-electron chi connectivity index (χ4n) is 1.57. The smallest absolute Gasteiger partial charge is 0.275 e. The van der Waals surface area contributed by atoms with Crippen LogP contribution in [0.3, 0.4) is 0 Å². The Labute approximate surface area is 86.4 Å². The van der Waals surface area contributed by atoms with Gasteiger partial charge in [-0.15, -0.1) is 0 Å². The first-order valence-corrected chi connectivity index (χ1v) is 4.84. The van der Waals surface area contributed by atoms with E-state index in [0.29, 0.717) is 5.52 Å². The van der Waals surface area contributed by atoms with Gasteiger partial charge >= 0.3 is 0 Å². The molecule has 4 nitrogen and oxygen atoms in total. The third-order valence-electron chi connectivity index (χ3n) is 2.38. The molecule has 0 N–H and O–H groups in total. The number of nitrogens with zero attached hydrogens (tertiary/aromatic N) is 2. The molecule has 0 bridgehead atoms. The molecule has 15 heavy (non-hydrogen) atoms. The quantitative estimate of drug-likeness (QED) is 0.696. The second kappa shape index (κ2) is 3.38. The van der Waals surface area contributed by atoms with Crippen LogP contribution in [-0.2, 0) is 0 Å². The van der Waals surface area contributed by atoms with E-state index in [-0.39, 0.29) is 17.2 Å². The van der Waals surface area contributed by atoms with E-state index in [4.69, 9.17) is 0 Å². The van der Waals surface area contributed by atoms with Crippen LogP contribution >= 0.6 is 0 Å². The van der Waals surface area contributed by atoms with E-state index in [9.17, 15) is 9.59 Å². The molecule has 0 aliphatic carbocycles. The van der Waals surface area contributed by atoms with Gasteiger partial charge in [0.15, 0.2) is 0 Å². The van der Waals surface area contributed by atoms with Crippen LogP contribution in [0.4, 0.5) is 0 Å². The molecule has 0 amide bonds. The molecule has 0 unspecified atom stereocenters. The maximum Gasteiger partial charge on any atom is 0.275 e. The predicted octanol–water partition coefficient (Wildman–Crippen LogP) is 1.04. The summed E-state index contributed by atoms with van der Waals surface area (Å²) in [4.78, 5) is 23.4. The Hall–Kier alpha value is -1.84. The monoisotopic (exact) mass is 204 g/mol. The molecule has 0 aliphatic rings. The van der Waals surface area contributed by atoms with E-state index < -0.39 is 0 Å². The van der Waals surface area contributed by atoms with E-state index in [0.717, 1.165) is 0 Å². The van der Waals surface area contributed by atoms with Crippen molar-refractivity contribution in [2.75, 3.05) is 0 Å². The van der Waals surface area contributed by atoms with E-state index in [1.807, 2.05) is 13.8 Å². The summed E-state index contributed by atoms with van der Waals surface area (Å²) in [5.41, 5.74) is 0.101. The van der Waals surface area contributed by atoms with Crippen LogP contribution in [0, 0.1) is 0 Å². The minimum atomic E-state index is -0.180. The number of hydrogen-bond donors (Lipinski definition) is 0. The Morgan fingerprint density at radius 3 is 2.53 bits per heavy atom. The van der Waals surface area contributed by atoms with Crippen molar-refractivity contribution in [2.24, 2.45) is 0 Å². The lowest BCUT2D eigenvalue weighted by Gasteiger charge is -2.10. The number of rotatable bonds is 1. The molecule has 0 saturated heterocycles. The van der Waals surface area contributed by atoms with E-state index in [1.165, 1.54) is 10.5 Å². The average molecular weight is 204 g/mol. The first kappa shape index (κ1) is 9.71. The normalized spacial score (nSPS) is 11.1. The minimum absolute atomic E-state index is 0.0952. The zero-order valence-electron chi connectivity index (χ0n) is 8.68. The second-order valence-electron chi connectivity index (χ2n) is 3.72. The summed E-state index contributed by atoms with van der Waals surface area (Å²) in [6, 6.07) is 4.79. The van der Waals surface area contributed by atoms with Gasteiger partial charge in [0.05, 0.1) is 0 Å². The maximum atomic E-state index is 11.9. The molecule has 0 fully saturated rings. The molecule has 2 heterocycles. The summed E-state index contributed by atoms with van der Waals surface area (Å²) in [5, 5.41) is 0. The van der Waals surface area contributed by atoms with Gasteiger partial charge in [0.25, 0.3) is 11.1 Å². The Kier molecular flexibility index (Phi) is 2.19. The topological polar surface area (TPSA) is 43.5 Å². The van der Waals surface area contributed by atoms with E-state index in [1.54, 1.807) is 29.1 Å². The molecule has 2 aromatic heterocycles. The van der Waals surface area contributed by atoms with Crippen LogP contribution in [0.25, 0.3) is 5.52 Å². The molecule has 0 spiro atoms. The zero-order chi connectivity index (χ0) is 11.0. The third-order valence-corrected chi connectivity index (χ3v) is 2.38. The van der Waals surface area contributed by atoms with Gasteiger partial charge < -0.3 is 4.57 Å². The highest BCUT2D eigenvalue weighted by molar-refractivity contribution is 5.43. The maximum absolute atomic E-state index is 11.9. The summed E-state index contributed by atoms with van der Waals surface area (Å²) >= 11 is 0. The Morgan fingerprint density at radius 1 is 1.13 bits per heavy atom. The summed E-state index contributed by atoms with van der Waals surface area (Å²) in [6.45, 7) is 3.86. The van der Waals surface area contributed by atoms with Gasteiger partial charge in [-0.05, 0) is 19.9 Å². The average Bonchev–Trinajstić information content (AvgIpc) is 2.19. The molecular weight excluding hydrogens is 192 g/mol. The number of aromatic nitrogens is 2. The minimum Gasteiger partial charge on any atom is -0.310 e. The van der Waals surface area contributed by atoms with Gasteiger partial charge in [0.2, 0.25) is 0 Å². The Bertz CT molecular complexity index is 608. The van der Waals surface area contributed by atoms with Crippen LogP contribution in [0.15, 0.2) is 40.2 Å². The summed E-state index contributed by atoms with van der Waals surface area (Å²) in [6.07, 6.45) is 3.26. The van der Waals surface area contributed by atoms with Gasteiger partial charge in [-0.3, -0.25) is 14.0 Å². The Morgan fingerprint density at radius 2 is 1.87 bits per heavy atom. The molecule has 0 aliphatic heterocycles. The lowest BCUT2D eigenvalue weighted by molar-refractivity contribution is 0.576. The molecule has 78 valence electrons. The van der Waals surface area contributed by atoms with Crippen molar-refractivity contribution in [2.45, 2.75) is 19.9 Å². The number of hydrogen-bond acceptors (Lipinski definition) is 2. The fourth-order valence-corrected chi connectivity index (χ4v) is 1.57. The van der Waals surface area contributed by atoms with Crippen LogP contribution in [-0.4, -0.2) is 8.97 Å². The highest BCUT2D eigenvalue weighted by Gasteiger charge is 2.05. The first-order chi connectivity index (χ1) is 7.11. The number of fused-ring (bicyclic) bond motifs is 1. The van der Waals surface area contributed by atoms with Crippen LogP contribution in [0.1, 0.15) is 19.9 Å². The standard InChI is InChI=1S/C11H12N2O2/c1-8(2)12-6-7-13-9(11(12)15)4-3-5-10(13)14/h3-8H,1-2H3. The lowest BCUT2D eigenvalue weighted by Crippen LogP contribution is -2.26. The van der Waals surface area contributed by atoms with E-state index >= 15 is 0 Å². The molecular formula is C11H12N2O2. The lowest BCUT2D eigenvalue weighted by atomic mass is 10.3. The van der Waals surface area contributed by atoms with Crippen molar-refractivity contribution >= 4 is 5.52 Å². The zero-order valence-corrected chi connectivity index (χ0v) is 8.68. The van der Waals surface area contributed by atoms with Crippen LogP contribution < -0.4 is 11.1 Å². The Balaban J connectivity index is 2.93. The van der Waals surface area contributed by atoms with Crippen molar-refractivity contribution in [1.29, 1.82) is 0 Å². The predicted molar refractivity (Wildman–Crippen MR) is 58.3 cm³/mol. The van der Waals surface area contributed by atoms with Crippen molar-refractivity contribution in [1.82, 2.24) is 8.97 Å². The first-order valence-electron chi connectivity index (χ1n) is 4.84. The highest BCUT2D eigenvalue weighted by atomic mass is 16.1. The molecule has 2 aromatic rings. The van der Waals surface area contributed by atoms with Crippen molar-refractivity contribution in [3.05, 3.63) is 51.3 Å². The highest BCUT2D eigenvalue weighted by Crippen LogP contribution is 2.00. The largest absolute Gasteiger partial charge is 0.310 e. The molecule has 4 heteroatoms. The summed E-state index contributed by atoms with van der Waals surface area (Å²) in [7, 11) is 0. The second-order valence-corrected chi connectivity index (χ2v) is 3.72.